The third kappa shape index (κ3) is 3.72. The van der Waals surface area contributed by atoms with E-state index in [9.17, 15) is 4.79 Å². The maximum atomic E-state index is 12.4. The van der Waals surface area contributed by atoms with Gasteiger partial charge in [-0.25, -0.2) is 0 Å². The van der Waals surface area contributed by atoms with Crippen molar-refractivity contribution in [1.29, 1.82) is 0 Å². The van der Waals surface area contributed by atoms with Crippen LogP contribution < -0.4 is 10.2 Å². The Morgan fingerprint density at radius 1 is 1.00 bits per heavy atom. The van der Waals surface area contributed by atoms with Gasteiger partial charge in [0.2, 0.25) is 5.91 Å². The molecular weight excluding hydrogens is 326 g/mol. The highest BCUT2D eigenvalue weighted by Gasteiger charge is 2.13. The van der Waals surface area contributed by atoms with Crippen LogP contribution in [-0.4, -0.2) is 24.2 Å². The molecule has 0 bridgehead atoms. The van der Waals surface area contributed by atoms with Gasteiger partial charge in [0.15, 0.2) is 5.58 Å². The Kier molecular flexibility index (Phi) is 4.86. The van der Waals surface area contributed by atoms with Crippen LogP contribution in [0.25, 0.3) is 11.0 Å². The van der Waals surface area contributed by atoms with Crippen molar-refractivity contribution >= 4 is 28.3 Å². The van der Waals surface area contributed by atoms with Crippen LogP contribution in [0.15, 0.2) is 53.1 Å². The topological polar surface area (TPSA) is 58.4 Å². The number of aromatic nitrogens is 1. The Morgan fingerprint density at radius 2 is 1.73 bits per heavy atom. The third-order valence-electron chi connectivity index (χ3n) is 4.90. The molecule has 5 heteroatoms. The van der Waals surface area contributed by atoms with Gasteiger partial charge in [0.1, 0.15) is 5.69 Å². The SMILES string of the molecule is O=C(Cc1noc2ccccc12)Nc1ccc(N2CCCCCC2)cc1. The maximum Gasteiger partial charge on any atom is 0.230 e. The van der Waals surface area contributed by atoms with E-state index in [1.165, 1.54) is 31.4 Å². The predicted octanol–water partition coefficient (Wildman–Crippen LogP) is 4.39. The highest BCUT2D eigenvalue weighted by atomic mass is 16.5. The molecule has 0 atom stereocenters. The lowest BCUT2D eigenvalue weighted by Crippen LogP contribution is -2.23. The van der Waals surface area contributed by atoms with Gasteiger partial charge in [-0.1, -0.05) is 30.1 Å². The number of carbonyl (C=O) groups excluding carboxylic acids is 1. The van der Waals surface area contributed by atoms with Gasteiger partial charge in [0.05, 0.1) is 6.42 Å². The first kappa shape index (κ1) is 16.6. The van der Waals surface area contributed by atoms with Crippen LogP contribution in [-0.2, 0) is 11.2 Å². The molecule has 0 aliphatic carbocycles. The van der Waals surface area contributed by atoms with Gasteiger partial charge in [-0.05, 0) is 49.2 Å². The maximum absolute atomic E-state index is 12.4. The first-order valence-electron chi connectivity index (χ1n) is 9.28. The molecule has 1 saturated heterocycles. The van der Waals surface area contributed by atoms with Crippen molar-refractivity contribution in [1.82, 2.24) is 5.16 Å². The highest BCUT2D eigenvalue weighted by Crippen LogP contribution is 2.22. The molecule has 4 rings (SSSR count). The molecule has 0 radical (unpaired) electrons. The van der Waals surface area contributed by atoms with E-state index in [0.29, 0.717) is 11.3 Å². The summed E-state index contributed by atoms with van der Waals surface area (Å²) in [6, 6.07) is 15.7. The summed E-state index contributed by atoms with van der Waals surface area (Å²) >= 11 is 0. The molecule has 5 nitrogen and oxygen atoms in total. The zero-order valence-electron chi connectivity index (χ0n) is 14.8. The van der Waals surface area contributed by atoms with Crippen molar-refractivity contribution < 1.29 is 9.32 Å². The number of amides is 1. The number of hydrogen-bond acceptors (Lipinski definition) is 4. The summed E-state index contributed by atoms with van der Waals surface area (Å²) in [5, 5.41) is 7.85. The van der Waals surface area contributed by atoms with Gasteiger partial charge in [-0.15, -0.1) is 0 Å². The van der Waals surface area contributed by atoms with Crippen molar-refractivity contribution in [3.8, 4) is 0 Å². The van der Waals surface area contributed by atoms with Gasteiger partial charge in [-0.3, -0.25) is 4.79 Å². The predicted molar refractivity (Wildman–Crippen MR) is 103 cm³/mol. The van der Waals surface area contributed by atoms with E-state index < -0.39 is 0 Å². The van der Waals surface area contributed by atoms with Crippen LogP contribution >= 0.6 is 0 Å². The molecule has 0 spiro atoms. The molecule has 1 aliphatic heterocycles. The molecule has 3 aromatic rings. The lowest BCUT2D eigenvalue weighted by Gasteiger charge is -2.22. The van der Waals surface area contributed by atoms with Gasteiger partial charge in [0, 0.05) is 29.9 Å². The fourth-order valence-corrected chi connectivity index (χ4v) is 3.51. The largest absolute Gasteiger partial charge is 0.372 e. The summed E-state index contributed by atoms with van der Waals surface area (Å²) in [5.41, 5.74) is 3.41. The van der Waals surface area contributed by atoms with E-state index in [0.717, 1.165) is 24.2 Å². The number of para-hydroxylation sites is 1. The third-order valence-corrected chi connectivity index (χ3v) is 4.90. The van der Waals surface area contributed by atoms with Crippen LogP contribution in [0.3, 0.4) is 0 Å². The average Bonchev–Trinajstić information content (AvgIpc) is 2.88. The molecule has 1 amide bonds. The molecule has 1 aromatic heterocycles. The van der Waals surface area contributed by atoms with E-state index in [2.05, 4.69) is 27.5 Å². The van der Waals surface area contributed by atoms with Crippen molar-refractivity contribution in [2.24, 2.45) is 0 Å². The van der Waals surface area contributed by atoms with E-state index in [-0.39, 0.29) is 12.3 Å². The zero-order valence-corrected chi connectivity index (χ0v) is 14.8. The standard InChI is InChI=1S/C21H23N3O2/c25-21(15-19-18-7-3-4-8-20(18)26-23-19)22-16-9-11-17(12-10-16)24-13-5-1-2-6-14-24/h3-4,7-12H,1-2,5-6,13-15H2,(H,22,25). The Labute approximate surface area is 153 Å². The van der Waals surface area contributed by atoms with E-state index in [1.807, 2.05) is 36.4 Å². The minimum Gasteiger partial charge on any atom is -0.372 e. The van der Waals surface area contributed by atoms with Gasteiger partial charge >= 0.3 is 0 Å². The number of rotatable bonds is 4. The number of nitrogens with one attached hydrogen (secondary N) is 1. The second kappa shape index (κ2) is 7.60. The summed E-state index contributed by atoms with van der Waals surface area (Å²) in [4.78, 5) is 14.8. The number of anilines is 2. The number of benzene rings is 2. The highest BCUT2D eigenvalue weighted by molar-refractivity contribution is 5.94. The van der Waals surface area contributed by atoms with Crippen molar-refractivity contribution in [3.05, 3.63) is 54.2 Å². The first-order chi connectivity index (χ1) is 12.8. The van der Waals surface area contributed by atoms with Gasteiger partial charge in [0.25, 0.3) is 0 Å². The normalized spacial score (nSPS) is 15.0. The molecule has 1 aliphatic rings. The average molecular weight is 349 g/mol. The molecule has 0 unspecified atom stereocenters. The van der Waals surface area contributed by atoms with E-state index in [4.69, 9.17) is 4.52 Å². The summed E-state index contributed by atoms with van der Waals surface area (Å²) in [6.07, 6.45) is 5.35. The van der Waals surface area contributed by atoms with Crippen LogP contribution in [0.5, 0.6) is 0 Å². The van der Waals surface area contributed by atoms with Crippen LogP contribution in [0.2, 0.25) is 0 Å². The van der Waals surface area contributed by atoms with Crippen molar-refractivity contribution in [2.75, 3.05) is 23.3 Å². The lowest BCUT2D eigenvalue weighted by atomic mass is 10.1. The Balaban J connectivity index is 1.39. The minimum atomic E-state index is -0.0911. The summed E-state index contributed by atoms with van der Waals surface area (Å²) in [6.45, 7) is 2.23. The van der Waals surface area contributed by atoms with Crippen LogP contribution in [0.4, 0.5) is 11.4 Å². The Bertz CT molecular complexity index is 878. The minimum absolute atomic E-state index is 0.0911. The molecule has 26 heavy (non-hydrogen) atoms. The second-order valence-electron chi connectivity index (χ2n) is 6.80. The van der Waals surface area contributed by atoms with Gasteiger partial charge < -0.3 is 14.7 Å². The van der Waals surface area contributed by atoms with E-state index in [1.54, 1.807) is 0 Å². The van der Waals surface area contributed by atoms with Crippen molar-refractivity contribution in [2.45, 2.75) is 32.1 Å². The molecule has 2 aromatic carbocycles. The molecular formula is C21H23N3O2. The van der Waals surface area contributed by atoms with Crippen LogP contribution in [0, 0.1) is 0 Å². The summed E-state index contributed by atoms with van der Waals surface area (Å²) in [5.74, 6) is -0.0911. The second-order valence-corrected chi connectivity index (χ2v) is 6.80. The summed E-state index contributed by atoms with van der Waals surface area (Å²) < 4.78 is 5.26. The fraction of sp³-hybridized carbons (Fsp3) is 0.333. The van der Waals surface area contributed by atoms with E-state index >= 15 is 0 Å². The molecule has 2 heterocycles. The molecule has 1 fully saturated rings. The summed E-state index contributed by atoms with van der Waals surface area (Å²) in [7, 11) is 0. The fourth-order valence-electron chi connectivity index (χ4n) is 3.51. The molecule has 1 N–H and O–H groups in total. The molecule has 0 saturated carbocycles. The van der Waals surface area contributed by atoms with Gasteiger partial charge in [-0.2, -0.15) is 0 Å². The monoisotopic (exact) mass is 349 g/mol. The number of nitrogens with zero attached hydrogens (tertiary/aromatic N) is 2. The zero-order chi connectivity index (χ0) is 17.8. The molecule has 134 valence electrons. The lowest BCUT2D eigenvalue weighted by molar-refractivity contribution is -0.115. The van der Waals surface area contributed by atoms with Crippen molar-refractivity contribution in [3.63, 3.8) is 0 Å². The Morgan fingerprint density at radius 3 is 2.50 bits per heavy atom. The number of hydrogen-bond donors (Lipinski definition) is 1. The first-order valence-corrected chi connectivity index (χ1v) is 9.28. The number of fused-ring (bicyclic) bond motifs is 1. The quantitative estimate of drug-likeness (QED) is 0.759. The number of carbonyl (C=O) groups is 1. The Hall–Kier alpha value is -2.82. The smallest absolute Gasteiger partial charge is 0.230 e. The van der Waals surface area contributed by atoms with Crippen LogP contribution in [0.1, 0.15) is 31.4 Å².